The van der Waals surface area contributed by atoms with Gasteiger partial charge < -0.3 is 9.73 Å². The van der Waals surface area contributed by atoms with Crippen LogP contribution in [0.15, 0.2) is 110 Å². The summed E-state index contributed by atoms with van der Waals surface area (Å²) in [5, 5.41) is 5.51. The summed E-state index contributed by atoms with van der Waals surface area (Å²) in [7, 11) is 0. The molecule has 0 bridgehead atoms. The van der Waals surface area contributed by atoms with E-state index in [9.17, 15) is 9.59 Å². The van der Waals surface area contributed by atoms with Crippen LogP contribution in [0, 0.1) is 0 Å². The van der Waals surface area contributed by atoms with Crippen LogP contribution in [-0.4, -0.2) is 10.5 Å². The van der Waals surface area contributed by atoms with Crippen LogP contribution < -0.4 is 20.2 Å². The Morgan fingerprint density at radius 3 is 2.68 bits per heavy atom. The van der Waals surface area contributed by atoms with Gasteiger partial charge in [-0.15, -0.1) is 11.3 Å². The third kappa shape index (κ3) is 4.58. The number of carbonyl (C=O) groups is 1. The molecule has 9 heteroatoms. The number of hydrogen-bond acceptors (Lipinski definition) is 6. The lowest BCUT2D eigenvalue weighted by Crippen LogP contribution is -2.40. The summed E-state index contributed by atoms with van der Waals surface area (Å²) in [5.74, 6) is 0.900. The second kappa shape index (κ2) is 10.1. The number of fused-ring (bicyclic) bond motifs is 1. The first kappa shape index (κ1) is 24.4. The van der Waals surface area contributed by atoms with E-state index >= 15 is 0 Å². The van der Waals surface area contributed by atoms with Crippen LogP contribution in [-0.2, 0) is 4.79 Å². The predicted molar refractivity (Wildman–Crippen MR) is 152 cm³/mol. The molecule has 0 spiro atoms. The summed E-state index contributed by atoms with van der Waals surface area (Å²) in [5.41, 5.74) is 2.31. The van der Waals surface area contributed by atoms with Gasteiger partial charge >= 0.3 is 0 Å². The minimum atomic E-state index is -0.587. The summed E-state index contributed by atoms with van der Waals surface area (Å²) in [6.45, 7) is 1.81. The first-order chi connectivity index (χ1) is 18.5. The second-order valence-corrected chi connectivity index (χ2v) is 11.1. The van der Waals surface area contributed by atoms with Gasteiger partial charge in [0.1, 0.15) is 17.6 Å². The van der Waals surface area contributed by atoms with Crippen LogP contribution in [0.2, 0.25) is 5.02 Å². The summed E-state index contributed by atoms with van der Waals surface area (Å²) in [6, 6.07) is 23.6. The third-order valence-electron chi connectivity index (χ3n) is 6.12. The van der Waals surface area contributed by atoms with Crippen molar-refractivity contribution in [3.63, 3.8) is 0 Å². The lowest BCUT2D eigenvalue weighted by atomic mass is 10.0. The standard InChI is InChI=1S/C29H20ClN3O3S2/c1-17-25(27(34)32-20-9-3-2-4-10-20)26(23-11-6-14-37-23)33-28(35)24(38-29(33)31-17)16-21-12-13-22(36-21)18-7-5-8-19(30)15-18/h2-16,26H,1H3,(H,32,34)/b24-16-/t26-/m0/s1. The van der Waals surface area contributed by atoms with Crippen molar-refractivity contribution >= 4 is 51.9 Å². The van der Waals surface area contributed by atoms with Crippen molar-refractivity contribution in [1.82, 2.24) is 4.57 Å². The topological polar surface area (TPSA) is 76.6 Å². The number of carbonyl (C=O) groups excluding carboxylic acids is 1. The van der Waals surface area contributed by atoms with Crippen molar-refractivity contribution in [2.75, 3.05) is 5.32 Å². The highest BCUT2D eigenvalue weighted by molar-refractivity contribution is 7.10. The maximum Gasteiger partial charge on any atom is 0.271 e. The largest absolute Gasteiger partial charge is 0.457 e. The zero-order valence-electron chi connectivity index (χ0n) is 20.1. The van der Waals surface area contributed by atoms with E-state index in [2.05, 4.69) is 10.3 Å². The van der Waals surface area contributed by atoms with Crippen molar-refractivity contribution in [1.29, 1.82) is 0 Å². The number of aromatic nitrogens is 1. The molecule has 3 aromatic heterocycles. The number of halogens is 1. The monoisotopic (exact) mass is 557 g/mol. The van der Waals surface area contributed by atoms with Gasteiger partial charge in [0, 0.05) is 27.2 Å². The van der Waals surface area contributed by atoms with E-state index < -0.39 is 6.04 Å². The highest BCUT2D eigenvalue weighted by Gasteiger charge is 2.33. The van der Waals surface area contributed by atoms with Gasteiger partial charge in [-0.25, -0.2) is 4.99 Å². The fourth-order valence-electron chi connectivity index (χ4n) is 4.40. The highest BCUT2D eigenvalue weighted by Crippen LogP contribution is 2.33. The van der Waals surface area contributed by atoms with Gasteiger partial charge in [0.2, 0.25) is 0 Å². The van der Waals surface area contributed by atoms with Crippen LogP contribution in [0.5, 0.6) is 0 Å². The Morgan fingerprint density at radius 1 is 1.08 bits per heavy atom. The van der Waals surface area contributed by atoms with E-state index in [1.54, 1.807) is 23.6 Å². The number of rotatable bonds is 5. The minimum absolute atomic E-state index is 0.231. The van der Waals surface area contributed by atoms with E-state index in [1.165, 1.54) is 22.7 Å². The number of benzene rings is 2. The molecule has 38 heavy (non-hydrogen) atoms. The first-order valence-corrected chi connectivity index (χ1v) is 13.8. The van der Waals surface area contributed by atoms with Gasteiger partial charge in [-0.3, -0.25) is 14.2 Å². The van der Waals surface area contributed by atoms with Crippen LogP contribution in [0.1, 0.15) is 23.6 Å². The van der Waals surface area contributed by atoms with E-state index in [4.69, 9.17) is 16.0 Å². The Hall–Kier alpha value is -3.98. The van der Waals surface area contributed by atoms with Gasteiger partial charge in [-0.1, -0.05) is 59.3 Å². The zero-order chi connectivity index (χ0) is 26.2. The normalized spacial score (nSPS) is 15.3. The molecule has 1 atom stereocenters. The van der Waals surface area contributed by atoms with E-state index in [0.717, 1.165) is 10.4 Å². The smallest absolute Gasteiger partial charge is 0.271 e. The van der Waals surface area contributed by atoms with Gasteiger partial charge in [0.25, 0.3) is 11.5 Å². The molecule has 1 aliphatic rings. The third-order valence-corrected chi connectivity index (χ3v) is 8.26. The maximum atomic E-state index is 13.8. The highest BCUT2D eigenvalue weighted by atomic mass is 35.5. The summed E-state index contributed by atoms with van der Waals surface area (Å²) < 4.78 is 8.08. The second-order valence-electron chi connectivity index (χ2n) is 8.63. The molecule has 5 aromatic rings. The van der Waals surface area contributed by atoms with E-state index in [0.29, 0.717) is 42.8 Å². The number of thiazole rings is 1. The van der Waals surface area contributed by atoms with Gasteiger partial charge in [0.15, 0.2) is 4.80 Å². The SMILES string of the molecule is CC1=C(C(=O)Nc2ccccc2)[C@H](c2cccs2)n2c(s/c(=C\c3ccc(-c4cccc(Cl)c4)o3)c2=O)=N1. The maximum absolute atomic E-state index is 13.8. The Bertz CT molecular complexity index is 1870. The number of nitrogens with zero attached hydrogens (tertiary/aromatic N) is 2. The number of hydrogen-bond donors (Lipinski definition) is 1. The Morgan fingerprint density at radius 2 is 1.92 bits per heavy atom. The number of thiophene rings is 1. The lowest BCUT2D eigenvalue weighted by Gasteiger charge is -2.24. The molecule has 1 amide bonds. The van der Waals surface area contributed by atoms with Gasteiger partial charge in [-0.2, -0.15) is 0 Å². The number of anilines is 1. The van der Waals surface area contributed by atoms with E-state index in [1.807, 2.05) is 78.2 Å². The van der Waals surface area contributed by atoms with Crippen molar-refractivity contribution in [3.8, 4) is 11.3 Å². The molecule has 0 fully saturated rings. The van der Waals surface area contributed by atoms with Crippen LogP contribution in [0.25, 0.3) is 17.4 Å². The molecule has 0 unspecified atom stereocenters. The summed E-state index contributed by atoms with van der Waals surface area (Å²) >= 11 is 8.89. The van der Waals surface area contributed by atoms with Crippen molar-refractivity contribution in [2.24, 2.45) is 4.99 Å². The molecule has 1 N–H and O–H groups in total. The van der Waals surface area contributed by atoms with Crippen LogP contribution in [0.3, 0.4) is 0 Å². The van der Waals surface area contributed by atoms with Crippen molar-refractivity contribution < 1.29 is 9.21 Å². The fourth-order valence-corrected chi connectivity index (χ4v) is 6.44. The molecule has 188 valence electrons. The molecule has 2 aromatic carbocycles. The zero-order valence-corrected chi connectivity index (χ0v) is 22.4. The van der Waals surface area contributed by atoms with Crippen molar-refractivity contribution in [2.45, 2.75) is 13.0 Å². The number of amides is 1. The Kier molecular flexibility index (Phi) is 6.45. The summed E-state index contributed by atoms with van der Waals surface area (Å²) in [4.78, 5) is 33.3. The number of para-hydroxylation sites is 1. The molecule has 6 rings (SSSR count). The lowest BCUT2D eigenvalue weighted by molar-refractivity contribution is -0.113. The minimum Gasteiger partial charge on any atom is -0.457 e. The molecule has 6 nitrogen and oxygen atoms in total. The Labute approximate surface area is 230 Å². The van der Waals surface area contributed by atoms with Crippen molar-refractivity contribution in [3.05, 3.63) is 131 Å². The average Bonchev–Trinajstić information content (AvgIpc) is 3.66. The molecule has 0 saturated heterocycles. The fraction of sp³-hybridized carbons (Fsp3) is 0.0690. The van der Waals surface area contributed by atoms with Gasteiger partial charge in [0.05, 0.1) is 15.8 Å². The summed E-state index contributed by atoms with van der Waals surface area (Å²) in [6.07, 6.45) is 1.71. The van der Waals surface area contributed by atoms with Crippen LogP contribution >= 0.6 is 34.3 Å². The molecule has 0 saturated carbocycles. The molecular weight excluding hydrogens is 538 g/mol. The average molecular weight is 558 g/mol. The molecule has 1 aliphatic heterocycles. The molecular formula is C29H20ClN3O3S2. The quantitative estimate of drug-likeness (QED) is 0.294. The van der Waals surface area contributed by atoms with Gasteiger partial charge in [-0.05, 0) is 54.8 Å². The number of furan rings is 1. The predicted octanol–water partition coefficient (Wildman–Crippen LogP) is 5.85. The number of allylic oxidation sites excluding steroid dienone is 1. The number of nitrogens with one attached hydrogen (secondary N) is 1. The first-order valence-electron chi connectivity index (χ1n) is 11.8. The Balaban J connectivity index is 1.43. The van der Waals surface area contributed by atoms with E-state index in [-0.39, 0.29) is 11.5 Å². The molecule has 0 radical (unpaired) electrons. The van der Waals surface area contributed by atoms with Crippen LogP contribution in [0.4, 0.5) is 5.69 Å². The molecule has 0 aliphatic carbocycles. The molecule has 4 heterocycles.